The minimum absolute atomic E-state index is 0.0987. The minimum atomic E-state index is -4.02. The smallest absolute Gasteiger partial charge is 0.264 e. The van der Waals surface area contributed by atoms with Gasteiger partial charge in [0.05, 0.1) is 17.7 Å². The maximum absolute atomic E-state index is 13.5. The highest BCUT2D eigenvalue weighted by atomic mass is 32.2. The van der Waals surface area contributed by atoms with Gasteiger partial charge in [-0.3, -0.25) is 9.10 Å². The molecule has 0 radical (unpaired) electrons. The maximum atomic E-state index is 13.5. The topological polar surface area (TPSA) is 75.7 Å². The number of ether oxygens (including phenoxy) is 1. The molecule has 0 aliphatic heterocycles. The highest BCUT2D eigenvalue weighted by Crippen LogP contribution is 2.33. The molecular weight excluding hydrogens is 436 g/mol. The third kappa shape index (κ3) is 6.14. The maximum Gasteiger partial charge on any atom is 0.264 e. The summed E-state index contributed by atoms with van der Waals surface area (Å²) in [5, 5.41) is 2.82. The van der Waals surface area contributed by atoms with Crippen LogP contribution in [0.1, 0.15) is 30.9 Å². The van der Waals surface area contributed by atoms with E-state index in [0.29, 0.717) is 17.1 Å². The minimum Gasteiger partial charge on any atom is -0.495 e. The van der Waals surface area contributed by atoms with Crippen LogP contribution in [0, 0.1) is 6.92 Å². The fraction of sp³-hybridized carbons (Fsp3) is 0.269. The molecule has 3 rings (SSSR count). The second-order valence-corrected chi connectivity index (χ2v) is 9.71. The summed E-state index contributed by atoms with van der Waals surface area (Å²) in [6.07, 6.45) is 3.21. The lowest BCUT2D eigenvalue weighted by Crippen LogP contribution is -2.38. The molecule has 0 saturated carbocycles. The predicted molar refractivity (Wildman–Crippen MR) is 132 cm³/mol. The number of unbranched alkanes of at least 4 members (excludes halogenated alkanes) is 1. The van der Waals surface area contributed by atoms with Crippen molar-refractivity contribution in [2.75, 3.05) is 23.3 Å². The first-order chi connectivity index (χ1) is 15.8. The number of carbonyl (C=O) groups is 1. The van der Waals surface area contributed by atoms with Gasteiger partial charge in [-0.05, 0) is 67.3 Å². The van der Waals surface area contributed by atoms with Crippen LogP contribution in [-0.2, 0) is 21.2 Å². The number of methoxy groups -OCH3 is 1. The van der Waals surface area contributed by atoms with E-state index in [4.69, 9.17) is 4.74 Å². The molecule has 0 aliphatic rings. The number of nitrogens with zero attached hydrogens (tertiary/aromatic N) is 1. The van der Waals surface area contributed by atoms with Crippen molar-refractivity contribution in [2.45, 2.75) is 38.0 Å². The zero-order chi connectivity index (χ0) is 23.8. The molecule has 0 aromatic heterocycles. The summed E-state index contributed by atoms with van der Waals surface area (Å²) >= 11 is 0. The summed E-state index contributed by atoms with van der Waals surface area (Å²) in [7, 11) is -2.54. The van der Waals surface area contributed by atoms with Crippen molar-refractivity contribution in [3.8, 4) is 5.75 Å². The lowest BCUT2D eigenvalue weighted by Gasteiger charge is -2.26. The number of hydrogen-bond donors (Lipinski definition) is 1. The van der Waals surface area contributed by atoms with E-state index >= 15 is 0 Å². The predicted octanol–water partition coefficient (Wildman–Crippen LogP) is 5.18. The number of carbonyl (C=O) groups excluding carboxylic acids is 1. The van der Waals surface area contributed by atoms with Gasteiger partial charge in [-0.15, -0.1) is 0 Å². The van der Waals surface area contributed by atoms with E-state index in [-0.39, 0.29) is 4.90 Å². The van der Waals surface area contributed by atoms with E-state index in [9.17, 15) is 13.2 Å². The standard InChI is InChI=1S/C26H30N2O4S/c1-4-5-9-21-13-15-22(16-14-21)27-26(29)19-28(24-18-20(2)12-17-25(24)32-3)33(30,31)23-10-7-6-8-11-23/h6-8,10-18H,4-5,9,19H2,1-3H3,(H,27,29). The molecule has 1 amide bonds. The summed E-state index contributed by atoms with van der Waals surface area (Å²) in [6.45, 7) is 3.61. The second-order valence-electron chi connectivity index (χ2n) is 7.85. The van der Waals surface area contributed by atoms with Gasteiger partial charge in [-0.2, -0.15) is 0 Å². The van der Waals surface area contributed by atoms with Crippen molar-refractivity contribution >= 4 is 27.3 Å². The molecular formula is C26H30N2O4S. The van der Waals surface area contributed by atoms with E-state index in [0.717, 1.165) is 29.1 Å². The molecule has 174 valence electrons. The van der Waals surface area contributed by atoms with Crippen LogP contribution < -0.4 is 14.4 Å². The van der Waals surface area contributed by atoms with Gasteiger partial charge in [0.1, 0.15) is 12.3 Å². The molecule has 0 aliphatic carbocycles. The summed E-state index contributed by atoms with van der Waals surface area (Å²) in [5.41, 5.74) is 2.98. The quantitative estimate of drug-likeness (QED) is 0.447. The SMILES string of the molecule is CCCCc1ccc(NC(=O)CN(c2cc(C)ccc2OC)S(=O)(=O)c2ccccc2)cc1. The molecule has 33 heavy (non-hydrogen) atoms. The Labute approximate surface area is 196 Å². The van der Waals surface area contributed by atoms with Gasteiger partial charge in [-0.1, -0.05) is 49.7 Å². The molecule has 0 spiro atoms. The summed E-state index contributed by atoms with van der Waals surface area (Å²) in [6, 6.07) is 20.9. The Morgan fingerprint density at radius 3 is 2.33 bits per heavy atom. The van der Waals surface area contributed by atoms with Gasteiger partial charge < -0.3 is 10.1 Å². The highest BCUT2D eigenvalue weighted by molar-refractivity contribution is 7.92. The number of aryl methyl sites for hydroxylation is 2. The van der Waals surface area contributed by atoms with Crippen LogP contribution in [0.5, 0.6) is 5.75 Å². The third-order valence-electron chi connectivity index (χ3n) is 5.28. The Morgan fingerprint density at radius 2 is 1.70 bits per heavy atom. The summed E-state index contributed by atoms with van der Waals surface area (Å²) < 4.78 is 33.6. The second kappa shape index (κ2) is 11.0. The van der Waals surface area contributed by atoms with Crippen molar-refractivity contribution in [3.63, 3.8) is 0 Å². The lowest BCUT2D eigenvalue weighted by atomic mass is 10.1. The number of sulfonamides is 1. The number of anilines is 2. The normalized spacial score (nSPS) is 11.1. The van der Waals surface area contributed by atoms with Crippen molar-refractivity contribution in [2.24, 2.45) is 0 Å². The molecule has 0 bridgehead atoms. The number of benzene rings is 3. The number of rotatable bonds is 10. The first kappa shape index (κ1) is 24.3. The fourth-order valence-corrected chi connectivity index (χ4v) is 4.93. The van der Waals surface area contributed by atoms with Crippen molar-refractivity contribution < 1.29 is 17.9 Å². The van der Waals surface area contributed by atoms with Gasteiger partial charge in [-0.25, -0.2) is 8.42 Å². The van der Waals surface area contributed by atoms with Crippen LogP contribution in [-0.4, -0.2) is 28.0 Å². The summed E-state index contributed by atoms with van der Waals surface area (Å²) in [4.78, 5) is 13.1. The molecule has 1 N–H and O–H groups in total. The average molecular weight is 467 g/mol. The fourth-order valence-electron chi connectivity index (χ4n) is 3.48. The monoisotopic (exact) mass is 466 g/mol. The highest BCUT2D eigenvalue weighted by Gasteiger charge is 2.29. The largest absolute Gasteiger partial charge is 0.495 e. The van der Waals surface area contributed by atoms with Gasteiger partial charge in [0.15, 0.2) is 0 Å². The molecule has 0 saturated heterocycles. The van der Waals surface area contributed by atoms with E-state index in [1.165, 1.54) is 24.8 Å². The Bertz CT molecular complexity index is 1180. The lowest BCUT2D eigenvalue weighted by molar-refractivity contribution is -0.114. The number of amides is 1. The Hall–Kier alpha value is -3.32. The van der Waals surface area contributed by atoms with Crippen LogP contribution in [0.25, 0.3) is 0 Å². The van der Waals surface area contributed by atoms with E-state index in [1.54, 1.807) is 30.3 Å². The van der Waals surface area contributed by atoms with Crippen LogP contribution >= 0.6 is 0 Å². The van der Waals surface area contributed by atoms with Gasteiger partial charge in [0.25, 0.3) is 10.0 Å². The van der Waals surface area contributed by atoms with E-state index in [1.807, 2.05) is 37.3 Å². The molecule has 0 atom stereocenters. The van der Waals surface area contributed by atoms with Crippen LogP contribution in [0.4, 0.5) is 11.4 Å². The van der Waals surface area contributed by atoms with Gasteiger partial charge >= 0.3 is 0 Å². The molecule has 0 fully saturated rings. The number of hydrogen-bond acceptors (Lipinski definition) is 4. The zero-order valence-electron chi connectivity index (χ0n) is 19.2. The summed E-state index contributed by atoms with van der Waals surface area (Å²) in [5.74, 6) is -0.0763. The Balaban J connectivity index is 1.90. The number of nitrogens with one attached hydrogen (secondary N) is 1. The molecule has 3 aromatic rings. The van der Waals surface area contributed by atoms with Crippen molar-refractivity contribution in [3.05, 3.63) is 83.9 Å². The Morgan fingerprint density at radius 1 is 1.00 bits per heavy atom. The molecule has 6 nitrogen and oxygen atoms in total. The van der Waals surface area contributed by atoms with Gasteiger partial charge in [0, 0.05) is 5.69 Å². The third-order valence-corrected chi connectivity index (χ3v) is 7.05. The average Bonchev–Trinajstić information content (AvgIpc) is 2.82. The molecule has 0 unspecified atom stereocenters. The van der Waals surface area contributed by atoms with Crippen LogP contribution in [0.3, 0.4) is 0 Å². The molecule has 7 heteroatoms. The molecule has 3 aromatic carbocycles. The zero-order valence-corrected chi connectivity index (χ0v) is 20.1. The first-order valence-electron chi connectivity index (χ1n) is 11.0. The molecule has 0 heterocycles. The van der Waals surface area contributed by atoms with Crippen molar-refractivity contribution in [1.29, 1.82) is 0 Å². The van der Waals surface area contributed by atoms with Crippen LogP contribution in [0.2, 0.25) is 0 Å². The van der Waals surface area contributed by atoms with Crippen LogP contribution in [0.15, 0.2) is 77.7 Å². The van der Waals surface area contributed by atoms with E-state index < -0.39 is 22.5 Å². The van der Waals surface area contributed by atoms with E-state index in [2.05, 4.69) is 12.2 Å². The van der Waals surface area contributed by atoms with Crippen molar-refractivity contribution in [1.82, 2.24) is 0 Å². The Kier molecular flexibility index (Phi) is 8.11. The van der Waals surface area contributed by atoms with Gasteiger partial charge in [0.2, 0.25) is 5.91 Å². The first-order valence-corrected chi connectivity index (χ1v) is 12.4.